The van der Waals surface area contributed by atoms with Gasteiger partial charge in [-0.2, -0.15) is 8.78 Å². The minimum absolute atomic E-state index is 0.111. The molecule has 0 fully saturated rings. The molecule has 0 radical (unpaired) electrons. The van der Waals surface area contributed by atoms with Crippen LogP contribution in [0.5, 0.6) is 5.75 Å². The maximum Gasteiger partial charge on any atom is 0.387 e. The molecule has 1 aromatic carbocycles. The van der Waals surface area contributed by atoms with Gasteiger partial charge in [0.2, 0.25) is 5.75 Å². The van der Waals surface area contributed by atoms with Gasteiger partial charge in [-0.25, -0.2) is 4.79 Å². The second-order valence-electron chi connectivity index (χ2n) is 3.46. The average Bonchev–Trinajstić information content (AvgIpc) is 2.26. The predicted molar refractivity (Wildman–Crippen MR) is 61.1 cm³/mol. The van der Waals surface area contributed by atoms with Gasteiger partial charge in [0.25, 0.3) is 0 Å². The van der Waals surface area contributed by atoms with E-state index >= 15 is 0 Å². The highest BCUT2D eigenvalue weighted by molar-refractivity contribution is 5.86. The molecule has 0 spiro atoms. The van der Waals surface area contributed by atoms with Crippen LogP contribution in [-0.2, 0) is 4.79 Å². The summed E-state index contributed by atoms with van der Waals surface area (Å²) in [5.74, 6) is -1.97. The number of carbonyl (C=O) groups is 1. The number of alkyl halides is 2. The van der Waals surface area contributed by atoms with Crippen LogP contribution in [0.15, 0.2) is 18.2 Å². The maximum atomic E-state index is 12.3. The first-order valence-electron chi connectivity index (χ1n) is 4.96. The van der Waals surface area contributed by atoms with Crippen molar-refractivity contribution in [3.8, 4) is 5.75 Å². The molecule has 0 bridgehead atoms. The van der Waals surface area contributed by atoms with Crippen LogP contribution in [0, 0.1) is 17.0 Å². The Labute approximate surface area is 106 Å². The van der Waals surface area contributed by atoms with E-state index in [0.717, 1.165) is 6.08 Å². The van der Waals surface area contributed by atoms with E-state index in [1.807, 2.05) is 0 Å². The molecule has 0 aliphatic carbocycles. The third kappa shape index (κ3) is 3.73. The molecule has 0 saturated heterocycles. The van der Waals surface area contributed by atoms with E-state index in [1.165, 1.54) is 19.1 Å². The lowest BCUT2D eigenvalue weighted by atomic mass is 10.1. The highest BCUT2D eigenvalue weighted by atomic mass is 19.3. The highest BCUT2D eigenvalue weighted by Gasteiger charge is 2.24. The van der Waals surface area contributed by atoms with Crippen LogP contribution in [0.2, 0.25) is 0 Å². The van der Waals surface area contributed by atoms with Gasteiger partial charge in [0.1, 0.15) is 0 Å². The zero-order valence-corrected chi connectivity index (χ0v) is 9.67. The fourth-order valence-electron chi connectivity index (χ4n) is 1.42. The normalized spacial score (nSPS) is 10.9. The number of halogens is 2. The lowest BCUT2D eigenvalue weighted by Crippen LogP contribution is -2.07. The molecule has 6 nitrogen and oxygen atoms in total. The Morgan fingerprint density at radius 1 is 1.53 bits per heavy atom. The van der Waals surface area contributed by atoms with E-state index in [2.05, 4.69) is 4.74 Å². The standard InChI is InChI=1S/C11H9F2NO5/c1-6-2-3-7(4-5-8(15)16)10(19-11(12)13)9(6)14(17)18/h2-5,11H,1H3,(H,15,16)/b5-4+. The molecule has 8 heteroatoms. The van der Waals surface area contributed by atoms with Crippen molar-refractivity contribution in [2.24, 2.45) is 0 Å². The van der Waals surface area contributed by atoms with E-state index in [4.69, 9.17) is 5.11 Å². The Hall–Kier alpha value is -2.51. The van der Waals surface area contributed by atoms with Crippen molar-refractivity contribution in [1.82, 2.24) is 0 Å². The summed E-state index contributed by atoms with van der Waals surface area (Å²) in [6.07, 6.45) is 1.62. The summed E-state index contributed by atoms with van der Waals surface area (Å²) in [4.78, 5) is 20.4. The second-order valence-corrected chi connectivity index (χ2v) is 3.46. The fraction of sp³-hybridized carbons (Fsp3) is 0.182. The van der Waals surface area contributed by atoms with Crippen LogP contribution >= 0.6 is 0 Å². The maximum absolute atomic E-state index is 12.3. The van der Waals surface area contributed by atoms with E-state index in [-0.39, 0.29) is 11.1 Å². The fourth-order valence-corrected chi connectivity index (χ4v) is 1.42. The van der Waals surface area contributed by atoms with Crippen LogP contribution in [-0.4, -0.2) is 22.6 Å². The van der Waals surface area contributed by atoms with Crippen molar-refractivity contribution in [1.29, 1.82) is 0 Å². The Kier molecular flexibility index (Phi) is 4.51. The lowest BCUT2D eigenvalue weighted by Gasteiger charge is -2.10. The minimum atomic E-state index is -3.25. The quantitative estimate of drug-likeness (QED) is 0.506. The molecule has 0 aliphatic rings. The van der Waals surface area contributed by atoms with Gasteiger partial charge in [0.05, 0.1) is 4.92 Å². The molecule has 0 aromatic heterocycles. The minimum Gasteiger partial charge on any atom is -0.478 e. The molecule has 0 saturated carbocycles. The van der Waals surface area contributed by atoms with E-state index < -0.39 is 28.9 Å². The number of nitrogens with zero attached hydrogens (tertiary/aromatic N) is 1. The topological polar surface area (TPSA) is 89.7 Å². The van der Waals surface area contributed by atoms with Gasteiger partial charge in [0, 0.05) is 17.2 Å². The number of aliphatic carboxylic acids is 1. The second kappa shape index (κ2) is 5.89. The zero-order valence-electron chi connectivity index (χ0n) is 9.67. The Balaban J connectivity index is 3.41. The first kappa shape index (κ1) is 14.6. The Morgan fingerprint density at radius 3 is 2.63 bits per heavy atom. The molecule has 0 heterocycles. The molecule has 102 valence electrons. The molecule has 1 rings (SSSR count). The van der Waals surface area contributed by atoms with Crippen LogP contribution in [0.1, 0.15) is 11.1 Å². The van der Waals surface area contributed by atoms with Crippen LogP contribution < -0.4 is 4.74 Å². The summed E-state index contributed by atoms with van der Waals surface area (Å²) in [7, 11) is 0. The number of rotatable bonds is 5. The highest BCUT2D eigenvalue weighted by Crippen LogP contribution is 2.36. The summed E-state index contributed by atoms with van der Waals surface area (Å²) < 4.78 is 28.7. The molecule has 0 atom stereocenters. The van der Waals surface area contributed by atoms with Gasteiger partial charge in [0.15, 0.2) is 0 Å². The van der Waals surface area contributed by atoms with E-state index in [1.54, 1.807) is 0 Å². The third-order valence-corrected chi connectivity index (χ3v) is 2.16. The summed E-state index contributed by atoms with van der Waals surface area (Å²) in [5, 5.41) is 19.3. The SMILES string of the molecule is Cc1ccc(/C=C/C(=O)O)c(OC(F)F)c1[N+](=O)[O-]. The van der Waals surface area contributed by atoms with Crippen molar-refractivity contribution in [3.05, 3.63) is 39.4 Å². The van der Waals surface area contributed by atoms with Crippen molar-refractivity contribution >= 4 is 17.7 Å². The number of benzene rings is 1. The smallest absolute Gasteiger partial charge is 0.387 e. The molecular weight excluding hydrogens is 264 g/mol. The molecule has 19 heavy (non-hydrogen) atoms. The molecule has 0 amide bonds. The number of nitro benzene ring substituents is 1. The Bertz CT molecular complexity index is 542. The predicted octanol–water partition coefficient (Wildman–Crippen LogP) is 2.60. The number of ether oxygens (including phenoxy) is 1. The van der Waals surface area contributed by atoms with Gasteiger partial charge in [-0.15, -0.1) is 0 Å². The van der Waals surface area contributed by atoms with Gasteiger partial charge in [-0.3, -0.25) is 10.1 Å². The summed E-state index contributed by atoms with van der Waals surface area (Å²) in [6, 6.07) is 2.58. The van der Waals surface area contributed by atoms with Crippen molar-refractivity contribution < 1.29 is 28.3 Å². The van der Waals surface area contributed by atoms with Crippen LogP contribution in [0.25, 0.3) is 6.08 Å². The lowest BCUT2D eigenvalue weighted by molar-refractivity contribution is -0.387. The van der Waals surface area contributed by atoms with Gasteiger partial charge >= 0.3 is 18.3 Å². The monoisotopic (exact) mass is 273 g/mol. The summed E-state index contributed by atoms with van der Waals surface area (Å²) >= 11 is 0. The molecule has 0 unspecified atom stereocenters. The first-order chi connectivity index (χ1) is 8.82. The van der Waals surface area contributed by atoms with Crippen LogP contribution in [0.4, 0.5) is 14.5 Å². The third-order valence-electron chi connectivity index (χ3n) is 2.16. The summed E-state index contributed by atoms with van der Waals surface area (Å²) in [5.41, 5.74) is -0.596. The van der Waals surface area contributed by atoms with E-state index in [9.17, 15) is 23.7 Å². The zero-order chi connectivity index (χ0) is 14.6. The largest absolute Gasteiger partial charge is 0.478 e. The molecular formula is C11H9F2NO5. The number of carboxylic acid groups (broad SMARTS) is 1. The van der Waals surface area contributed by atoms with E-state index in [0.29, 0.717) is 6.08 Å². The first-order valence-corrected chi connectivity index (χ1v) is 4.96. The van der Waals surface area contributed by atoms with Gasteiger partial charge in [-0.05, 0) is 13.0 Å². The number of carboxylic acids is 1. The molecule has 1 aromatic rings. The number of aryl methyl sites for hydroxylation is 1. The average molecular weight is 273 g/mol. The number of hydrogen-bond donors (Lipinski definition) is 1. The molecule has 0 aliphatic heterocycles. The molecule has 1 N–H and O–H groups in total. The number of hydrogen-bond acceptors (Lipinski definition) is 4. The van der Waals surface area contributed by atoms with Crippen molar-refractivity contribution in [2.45, 2.75) is 13.5 Å². The van der Waals surface area contributed by atoms with Gasteiger partial charge < -0.3 is 9.84 Å². The van der Waals surface area contributed by atoms with Crippen molar-refractivity contribution in [2.75, 3.05) is 0 Å². The van der Waals surface area contributed by atoms with Gasteiger partial charge in [-0.1, -0.05) is 12.1 Å². The van der Waals surface area contributed by atoms with Crippen molar-refractivity contribution in [3.63, 3.8) is 0 Å². The van der Waals surface area contributed by atoms with Crippen LogP contribution in [0.3, 0.4) is 0 Å². The number of nitro groups is 1. The summed E-state index contributed by atoms with van der Waals surface area (Å²) in [6.45, 7) is -1.89. The Morgan fingerprint density at radius 2 is 2.16 bits per heavy atom.